The number of fused-ring (bicyclic) bond motifs is 1. The van der Waals surface area contributed by atoms with E-state index >= 15 is 0 Å². The predicted octanol–water partition coefficient (Wildman–Crippen LogP) is 5.18. The van der Waals surface area contributed by atoms with Gasteiger partial charge in [-0.1, -0.05) is 12.1 Å². The minimum absolute atomic E-state index is 0.0504. The van der Waals surface area contributed by atoms with E-state index in [0.29, 0.717) is 29.4 Å². The van der Waals surface area contributed by atoms with Crippen LogP contribution in [0, 0.1) is 11.6 Å². The minimum Gasteiger partial charge on any atom is -0.358 e. The lowest BCUT2D eigenvalue weighted by Gasteiger charge is -2.28. The summed E-state index contributed by atoms with van der Waals surface area (Å²) < 4.78 is 50.8. The molecule has 0 amide bonds. The van der Waals surface area contributed by atoms with Crippen molar-refractivity contribution in [3.05, 3.63) is 76.3 Å². The van der Waals surface area contributed by atoms with Crippen LogP contribution in [0.15, 0.2) is 53.6 Å². The molecule has 2 heterocycles. The summed E-state index contributed by atoms with van der Waals surface area (Å²) in [6.45, 7) is 0. The van der Waals surface area contributed by atoms with Gasteiger partial charge in [-0.25, -0.2) is 17.6 Å². The van der Waals surface area contributed by atoms with E-state index in [1.807, 2.05) is 0 Å². The largest absolute Gasteiger partial charge is 0.358 e. The molecule has 0 spiro atoms. The highest BCUT2D eigenvalue weighted by Crippen LogP contribution is 2.41. The average molecular weight is 378 g/mol. The van der Waals surface area contributed by atoms with E-state index in [1.54, 1.807) is 12.3 Å². The molecule has 1 atom stereocenters. The van der Waals surface area contributed by atoms with Crippen molar-refractivity contribution in [2.75, 3.05) is 0 Å². The number of halogens is 4. The molecule has 1 aliphatic rings. The second kappa shape index (κ2) is 7.90. The molecule has 3 nitrogen and oxygen atoms in total. The fraction of sp³-hybridized carbons (Fsp3) is 0.300. The maximum Gasteiger partial charge on any atom is 0.248 e. The van der Waals surface area contributed by atoms with Crippen molar-refractivity contribution in [1.29, 1.82) is 0 Å². The van der Waals surface area contributed by atoms with Crippen LogP contribution in [-0.2, 0) is 0 Å². The van der Waals surface area contributed by atoms with E-state index in [2.05, 4.69) is 9.97 Å². The third-order valence-electron chi connectivity index (χ3n) is 4.56. The SMILES string of the molecule is Fc1ccccc1F.O=c1cc([C@H]2CCCC(F)(F)C2)[nH]c2ccncc12. The topological polar surface area (TPSA) is 45.8 Å². The van der Waals surface area contributed by atoms with Gasteiger partial charge in [-0.3, -0.25) is 9.78 Å². The zero-order valence-corrected chi connectivity index (χ0v) is 14.4. The number of H-pyrrole nitrogens is 1. The number of nitrogens with one attached hydrogen (secondary N) is 1. The summed E-state index contributed by atoms with van der Waals surface area (Å²) in [5.41, 5.74) is 1.11. The van der Waals surface area contributed by atoms with Crippen LogP contribution in [0.4, 0.5) is 17.6 Å². The van der Waals surface area contributed by atoms with Crippen LogP contribution >= 0.6 is 0 Å². The van der Waals surface area contributed by atoms with Gasteiger partial charge >= 0.3 is 0 Å². The van der Waals surface area contributed by atoms with E-state index in [4.69, 9.17) is 0 Å². The molecular weight excluding hydrogens is 360 g/mol. The van der Waals surface area contributed by atoms with Crippen LogP contribution in [0.25, 0.3) is 10.9 Å². The Morgan fingerprint density at radius 1 is 1.11 bits per heavy atom. The van der Waals surface area contributed by atoms with Gasteiger partial charge in [0, 0.05) is 42.9 Å². The molecule has 7 heteroatoms. The number of rotatable bonds is 1. The number of pyridine rings is 2. The molecule has 0 aliphatic heterocycles. The highest BCUT2D eigenvalue weighted by atomic mass is 19.3. The van der Waals surface area contributed by atoms with Crippen molar-refractivity contribution in [2.45, 2.75) is 37.5 Å². The molecule has 3 aromatic rings. The number of nitrogens with zero attached hydrogens (tertiary/aromatic N) is 1. The first-order valence-corrected chi connectivity index (χ1v) is 8.60. The summed E-state index contributed by atoms with van der Waals surface area (Å²) in [4.78, 5) is 19.0. The van der Waals surface area contributed by atoms with Crippen LogP contribution in [0.3, 0.4) is 0 Å². The third-order valence-corrected chi connectivity index (χ3v) is 4.56. The van der Waals surface area contributed by atoms with Crippen molar-refractivity contribution in [2.24, 2.45) is 0 Å². The first kappa shape index (κ1) is 19.1. The van der Waals surface area contributed by atoms with Crippen molar-refractivity contribution < 1.29 is 17.6 Å². The maximum absolute atomic E-state index is 13.5. The van der Waals surface area contributed by atoms with Crippen molar-refractivity contribution in [3.8, 4) is 0 Å². The summed E-state index contributed by atoms with van der Waals surface area (Å²) >= 11 is 0. The fourth-order valence-corrected chi connectivity index (χ4v) is 3.21. The van der Waals surface area contributed by atoms with Crippen molar-refractivity contribution >= 4 is 10.9 Å². The molecular formula is C20H18F4N2O. The molecule has 0 radical (unpaired) electrons. The van der Waals surface area contributed by atoms with Gasteiger partial charge in [-0.05, 0) is 31.0 Å². The molecule has 142 valence electrons. The summed E-state index contributed by atoms with van der Waals surface area (Å²) in [5, 5.41) is 0.494. The Kier molecular flexibility index (Phi) is 5.58. The van der Waals surface area contributed by atoms with Crippen LogP contribution < -0.4 is 5.43 Å². The van der Waals surface area contributed by atoms with Crippen molar-refractivity contribution in [3.63, 3.8) is 0 Å². The predicted molar refractivity (Wildman–Crippen MR) is 94.9 cm³/mol. The molecule has 0 unspecified atom stereocenters. The molecule has 0 bridgehead atoms. The Labute approximate surface area is 153 Å². The summed E-state index contributed by atoms with van der Waals surface area (Å²) in [6.07, 6.45) is 4.03. The molecule has 1 saturated carbocycles. The Bertz CT molecular complexity index is 966. The standard InChI is InChI=1S/C14H14F2N2O.C6H4F2/c15-14(16)4-1-2-9(7-14)12-6-13(19)10-8-17-5-3-11(10)18-12;7-5-3-1-2-4-6(5)8/h3,5-6,8-9H,1-2,4,7H2,(H,18,19);1-4H/t9-;/m0./s1. The molecule has 0 saturated heterocycles. The molecule has 1 N–H and O–H groups in total. The smallest absolute Gasteiger partial charge is 0.248 e. The number of aromatic nitrogens is 2. The highest BCUT2D eigenvalue weighted by Gasteiger charge is 2.37. The number of alkyl halides is 2. The van der Waals surface area contributed by atoms with E-state index in [0.717, 1.165) is 12.1 Å². The van der Waals surface area contributed by atoms with Gasteiger partial charge in [0.25, 0.3) is 0 Å². The monoisotopic (exact) mass is 378 g/mol. The van der Waals surface area contributed by atoms with Gasteiger partial charge in [0.05, 0.1) is 10.9 Å². The molecule has 1 aliphatic carbocycles. The maximum atomic E-state index is 13.5. The van der Waals surface area contributed by atoms with E-state index < -0.39 is 17.6 Å². The van der Waals surface area contributed by atoms with Crippen molar-refractivity contribution in [1.82, 2.24) is 9.97 Å². The zero-order valence-electron chi connectivity index (χ0n) is 14.4. The van der Waals surface area contributed by atoms with Crippen LogP contribution in [0.1, 0.15) is 37.3 Å². The van der Waals surface area contributed by atoms with Gasteiger partial charge in [0.1, 0.15) is 0 Å². The number of benzene rings is 1. The Balaban J connectivity index is 0.000000221. The van der Waals surface area contributed by atoms with Gasteiger partial charge < -0.3 is 4.98 Å². The first-order valence-electron chi connectivity index (χ1n) is 8.60. The molecule has 1 fully saturated rings. The molecule has 4 rings (SSSR count). The average Bonchev–Trinajstić information content (AvgIpc) is 2.64. The Hall–Kier alpha value is -2.70. The van der Waals surface area contributed by atoms with Gasteiger partial charge in [-0.2, -0.15) is 0 Å². The minimum atomic E-state index is -2.62. The lowest BCUT2D eigenvalue weighted by atomic mass is 9.84. The Morgan fingerprint density at radius 2 is 1.81 bits per heavy atom. The third kappa shape index (κ3) is 4.72. The van der Waals surface area contributed by atoms with Gasteiger partial charge in [0.15, 0.2) is 17.1 Å². The van der Waals surface area contributed by atoms with Gasteiger partial charge in [-0.15, -0.1) is 0 Å². The first-order chi connectivity index (χ1) is 12.9. The quantitative estimate of drug-likeness (QED) is 0.593. The van der Waals surface area contributed by atoms with Gasteiger partial charge in [0.2, 0.25) is 5.92 Å². The van der Waals surface area contributed by atoms with E-state index in [9.17, 15) is 22.4 Å². The highest BCUT2D eigenvalue weighted by molar-refractivity contribution is 5.77. The van der Waals surface area contributed by atoms with Crippen LogP contribution in [-0.4, -0.2) is 15.9 Å². The lowest BCUT2D eigenvalue weighted by molar-refractivity contribution is -0.0412. The molecule has 1 aromatic carbocycles. The lowest BCUT2D eigenvalue weighted by Crippen LogP contribution is -2.26. The molecule has 2 aromatic heterocycles. The number of aromatic amines is 1. The summed E-state index contributed by atoms with van der Waals surface area (Å²) in [6, 6.07) is 8.18. The van der Waals surface area contributed by atoms with Crippen LogP contribution in [0.5, 0.6) is 0 Å². The fourth-order valence-electron chi connectivity index (χ4n) is 3.21. The number of hydrogen-bond acceptors (Lipinski definition) is 2. The van der Waals surface area contributed by atoms with E-state index in [-0.39, 0.29) is 24.2 Å². The Morgan fingerprint density at radius 3 is 2.44 bits per heavy atom. The molecule has 27 heavy (non-hydrogen) atoms. The number of hydrogen-bond donors (Lipinski definition) is 1. The van der Waals surface area contributed by atoms with Crippen LogP contribution in [0.2, 0.25) is 0 Å². The zero-order chi connectivity index (χ0) is 19.4. The second-order valence-corrected chi connectivity index (χ2v) is 6.57. The second-order valence-electron chi connectivity index (χ2n) is 6.57. The normalized spacial score (nSPS) is 18.6. The summed E-state index contributed by atoms with van der Waals surface area (Å²) in [5.74, 6) is -4.48. The summed E-state index contributed by atoms with van der Waals surface area (Å²) in [7, 11) is 0. The van der Waals surface area contributed by atoms with E-state index in [1.165, 1.54) is 24.4 Å².